The first kappa shape index (κ1) is 15.0. The third kappa shape index (κ3) is 3.20. The molecule has 0 fully saturated rings. The summed E-state index contributed by atoms with van der Waals surface area (Å²) >= 11 is 0. The number of carbonyl (C=O) groups is 2. The Hall–Kier alpha value is -2.40. The van der Waals surface area contributed by atoms with E-state index in [4.69, 9.17) is 0 Å². The Balaban J connectivity index is 2.38. The van der Waals surface area contributed by atoms with Crippen molar-refractivity contribution in [2.75, 3.05) is 18.9 Å². The number of aryl methyl sites for hydroxylation is 1. The topological polar surface area (TPSA) is 63.1 Å². The molecule has 1 heterocycles. The van der Waals surface area contributed by atoms with Crippen molar-refractivity contribution in [3.8, 4) is 0 Å². The van der Waals surface area contributed by atoms with Gasteiger partial charge in [0.2, 0.25) is 5.91 Å². The van der Waals surface area contributed by atoms with Crippen LogP contribution in [0.1, 0.15) is 21.6 Å². The standard InChI is InChI=1S/C16H19N3O2/c1-11-15(16(21)12-7-5-4-6-8-12)13(10-19(11)3)18-14(20)9-17-2/h4-8,10,17H,9H2,1-3H3,(H,18,20). The second-order valence-electron chi connectivity index (χ2n) is 4.89. The molecule has 110 valence electrons. The molecule has 0 aliphatic carbocycles. The highest BCUT2D eigenvalue weighted by atomic mass is 16.2. The van der Waals surface area contributed by atoms with E-state index >= 15 is 0 Å². The van der Waals surface area contributed by atoms with Gasteiger partial charge < -0.3 is 15.2 Å². The average molecular weight is 285 g/mol. The van der Waals surface area contributed by atoms with Gasteiger partial charge in [-0.1, -0.05) is 30.3 Å². The van der Waals surface area contributed by atoms with Crippen molar-refractivity contribution in [3.63, 3.8) is 0 Å². The van der Waals surface area contributed by atoms with Crippen LogP contribution in [0, 0.1) is 6.92 Å². The van der Waals surface area contributed by atoms with Crippen LogP contribution in [0.25, 0.3) is 0 Å². The zero-order chi connectivity index (χ0) is 15.4. The number of aromatic nitrogens is 1. The van der Waals surface area contributed by atoms with Gasteiger partial charge in [0, 0.05) is 24.5 Å². The number of amides is 1. The lowest BCUT2D eigenvalue weighted by atomic mass is 10.0. The highest BCUT2D eigenvalue weighted by Gasteiger charge is 2.20. The number of anilines is 1. The van der Waals surface area contributed by atoms with Gasteiger partial charge in [0.25, 0.3) is 0 Å². The molecule has 0 unspecified atom stereocenters. The summed E-state index contributed by atoms with van der Waals surface area (Å²) in [5, 5.41) is 5.57. The van der Waals surface area contributed by atoms with Crippen LogP contribution in [-0.2, 0) is 11.8 Å². The number of ketones is 1. The number of hydrogen-bond donors (Lipinski definition) is 2. The number of rotatable bonds is 5. The normalized spacial score (nSPS) is 10.4. The molecule has 2 aromatic rings. The van der Waals surface area contributed by atoms with Gasteiger partial charge >= 0.3 is 0 Å². The minimum absolute atomic E-state index is 0.0894. The van der Waals surface area contributed by atoms with Gasteiger partial charge in [-0.2, -0.15) is 0 Å². The quantitative estimate of drug-likeness (QED) is 0.822. The predicted molar refractivity (Wildman–Crippen MR) is 82.6 cm³/mol. The maximum Gasteiger partial charge on any atom is 0.238 e. The van der Waals surface area contributed by atoms with Crippen molar-refractivity contribution < 1.29 is 9.59 Å². The summed E-state index contributed by atoms with van der Waals surface area (Å²) in [6.07, 6.45) is 1.76. The number of hydrogen-bond acceptors (Lipinski definition) is 3. The third-order valence-corrected chi connectivity index (χ3v) is 3.36. The molecule has 0 spiro atoms. The number of nitrogens with one attached hydrogen (secondary N) is 2. The molecule has 1 amide bonds. The van der Waals surface area contributed by atoms with E-state index in [9.17, 15) is 9.59 Å². The van der Waals surface area contributed by atoms with E-state index in [1.807, 2.05) is 36.7 Å². The van der Waals surface area contributed by atoms with Crippen molar-refractivity contribution in [1.82, 2.24) is 9.88 Å². The van der Waals surface area contributed by atoms with Crippen LogP contribution in [0.2, 0.25) is 0 Å². The maximum absolute atomic E-state index is 12.7. The average Bonchev–Trinajstić information content (AvgIpc) is 2.74. The zero-order valence-corrected chi connectivity index (χ0v) is 12.4. The van der Waals surface area contributed by atoms with Gasteiger partial charge in [0.05, 0.1) is 17.8 Å². The van der Waals surface area contributed by atoms with Crippen molar-refractivity contribution in [2.45, 2.75) is 6.92 Å². The van der Waals surface area contributed by atoms with Crippen LogP contribution < -0.4 is 10.6 Å². The summed E-state index contributed by atoms with van der Waals surface area (Å²) in [7, 11) is 3.55. The van der Waals surface area contributed by atoms with Gasteiger partial charge in [0.15, 0.2) is 5.78 Å². The number of carbonyl (C=O) groups excluding carboxylic acids is 2. The summed E-state index contributed by atoms with van der Waals surface area (Å²) < 4.78 is 1.84. The Morgan fingerprint density at radius 3 is 2.48 bits per heavy atom. The van der Waals surface area contributed by atoms with Gasteiger partial charge in [-0.15, -0.1) is 0 Å². The SMILES string of the molecule is CNCC(=O)Nc1cn(C)c(C)c1C(=O)c1ccccc1. The van der Waals surface area contributed by atoms with E-state index in [0.717, 1.165) is 5.69 Å². The first-order valence-corrected chi connectivity index (χ1v) is 6.74. The molecule has 1 aromatic carbocycles. The van der Waals surface area contributed by atoms with E-state index in [0.29, 0.717) is 16.8 Å². The molecule has 2 rings (SSSR count). The Bertz CT molecular complexity index is 660. The van der Waals surface area contributed by atoms with Crippen LogP contribution in [0.4, 0.5) is 5.69 Å². The molecule has 0 radical (unpaired) electrons. The first-order chi connectivity index (χ1) is 10.0. The van der Waals surface area contributed by atoms with Gasteiger partial charge in [-0.05, 0) is 14.0 Å². The second-order valence-corrected chi connectivity index (χ2v) is 4.89. The molecule has 5 heteroatoms. The summed E-state index contributed by atoms with van der Waals surface area (Å²) in [6.45, 7) is 2.07. The van der Waals surface area contributed by atoms with Crippen molar-refractivity contribution >= 4 is 17.4 Å². The fourth-order valence-electron chi connectivity index (χ4n) is 2.20. The van der Waals surface area contributed by atoms with Gasteiger partial charge in [-0.25, -0.2) is 0 Å². The van der Waals surface area contributed by atoms with Crippen LogP contribution in [0.5, 0.6) is 0 Å². The molecule has 0 aliphatic rings. The van der Waals surface area contributed by atoms with E-state index in [2.05, 4.69) is 10.6 Å². The van der Waals surface area contributed by atoms with E-state index in [1.165, 1.54) is 0 Å². The van der Waals surface area contributed by atoms with Gasteiger partial charge in [0.1, 0.15) is 0 Å². The molecule has 0 bridgehead atoms. The third-order valence-electron chi connectivity index (χ3n) is 3.36. The highest BCUT2D eigenvalue weighted by Crippen LogP contribution is 2.24. The number of likely N-dealkylation sites (N-methyl/N-ethyl adjacent to an activating group) is 1. The van der Waals surface area contributed by atoms with Crippen LogP contribution in [0.15, 0.2) is 36.5 Å². The van der Waals surface area contributed by atoms with Crippen molar-refractivity contribution in [1.29, 1.82) is 0 Å². The Morgan fingerprint density at radius 2 is 1.86 bits per heavy atom. The lowest BCUT2D eigenvalue weighted by Crippen LogP contribution is -2.25. The minimum atomic E-state index is -0.176. The first-order valence-electron chi connectivity index (χ1n) is 6.74. The molecule has 1 aromatic heterocycles. The predicted octanol–water partition coefficient (Wildman–Crippen LogP) is 1.72. The van der Waals surface area contributed by atoms with E-state index < -0.39 is 0 Å². The zero-order valence-electron chi connectivity index (χ0n) is 12.4. The van der Waals surface area contributed by atoms with E-state index in [-0.39, 0.29) is 18.2 Å². The lowest BCUT2D eigenvalue weighted by Gasteiger charge is -2.07. The molecule has 21 heavy (non-hydrogen) atoms. The van der Waals surface area contributed by atoms with Crippen molar-refractivity contribution in [3.05, 3.63) is 53.3 Å². The second kappa shape index (κ2) is 6.37. The summed E-state index contributed by atoms with van der Waals surface area (Å²) in [4.78, 5) is 24.4. The summed E-state index contributed by atoms with van der Waals surface area (Å²) in [6, 6.07) is 9.06. The largest absolute Gasteiger partial charge is 0.352 e. The smallest absolute Gasteiger partial charge is 0.238 e. The number of nitrogens with zero attached hydrogens (tertiary/aromatic N) is 1. The minimum Gasteiger partial charge on any atom is -0.352 e. The van der Waals surface area contributed by atoms with Crippen molar-refractivity contribution in [2.24, 2.45) is 7.05 Å². The fourth-order valence-corrected chi connectivity index (χ4v) is 2.20. The molecule has 0 saturated carbocycles. The molecule has 0 atom stereocenters. The Kier molecular flexibility index (Phi) is 4.55. The molecule has 2 N–H and O–H groups in total. The van der Waals surface area contributed by atoms with Crippen LogP contribution >= 0.6 is 0 Å². The molecule has 5 nitrogen and oxygen atoms in total. The lowest BCUT2D eigenvalue weighted by molar-refractivity contribution is -0.115. The summed E-state index contributed by atoms with van der Waals surface area (Å²) in [5.74, 6) is -0.265. The Labute approximate surface area is 124 Å². The maximum atomic E-state index is 12.7. The van der Waals surface area contributed by atoms with E-state index in [1.54, 1.807) is 25.4 Å². The van der Waals surface area contributed by atoms with Crippen LogP contribution in [-0.4, -0.2) is 29.8 Å². The van der Waals surface area contributed by atoms with Gasteiger partial charge in [-0.3, -0.25) is 9.59 Å². The molecule has 0 aliphatic heterocycles. The highest BCUT2D eigenvalue weighted by molar-refractivity contribution is 6.14. The monoisotopic (exact) mass is 285 g/mol. The molecular formula is C16H19N3O2. The van der Waals surface area contributed by atoms with Crippen LogP contribution in [0.3, 0.4) is 0 Å². The summed E-state index contributed by atoms with van der Waals surface area (Å²) in [5.41, 5.74) is 2.51. The molecular weight excluding hydrogens is 266 g/mol. The Morgan fingerprint density at radius 1 is 1.19 bits per heavy atom. The fraction of sp³-hybridized carbons (Fsp3) is 0.250. The molecule has 0 saturated heterocycles. The number of benzene rings is 1.